The molecule has 0 saturated heterocycles. The zero-order chi connectivity index (χ0) is 18.1. The molecular formula is C18H21N3O4. The second kappa shape index (κ2) is 6.66. The summed E-state index contributed by atoms with van der Waals surface area (Å²) in [4.78, 5) is 28.6. The summed E-state index contributed by atoms with van der Waals surface area (Å²) >= 11 is 0. The average Bonchev–Trinajstić information content (AvgIpc) is 3.32. The van der Waals surface area contributed by atoms with E-state index in [1.54, 1.807) is 6.07 Å². The summed E-state index contributed by atoms with van der Waals surface area (Å²) in [5.74, 6) is -1.19. The smallest absolute Gasteiger partial charge is 0.326 e. The predicted octanol–water partition coefficient (Wildman–Crippen LogP) is 2.98. The molecule has 2 aromatic heterocycles. The van der Waals surface area contributed by atoms with Crippen molar-refractivity contribution in [1.29, 1.82) is 0 Å². The Morgan fingerprint density at radius 1 is 1.48 bits per heavy atom. The first-order valence-electron chi connectivity index (χ1n) is 8.37. The number of fused-ring (bicyclic) bond motifs is 1. The van der Waals surface area contributed by atoms with Crippen LogP contribution >= 0.6 is 0 Å². The quantitative estimate of drug-likeness (QED) is 0.749. The highest BCUT2D eigenvalue weighted by Gasteiger charge is 2.30. The number of pyridine rings is 1. The van der Waals surface area contributed by atoms with Crippen LogP contribution in [-0.2, 0) is 4.79 Å². The largest absolute Gasteiger partial charge is 0.480 e. The van der Waals surface area contributed by atoms with Crippen LogP contribution in [0.2, 0.25) is 0 Å². The standard InChI is InChI=1S/C18H21N3O4/c1-4-5-12(18(23)24)19-16(22)11-8-13(10-6-7-10)20-17-14(11)15(9(2)3)21-25-17/h4,8-10,12H,1,5-7H2,2-3H3,(H,19,22)(H,23,24)/t12-/m1/s1. The number of hydrogen-bond acceptors (Lipinski definition) is 5. The minimum absolute atomic E-state index is 0.0461. The number of aromatic nitrogens is 2. The van der Waals surface area contributed by atoms with E-state index in [4.69, 9.17) is 4.52 Å². The third-order valence-corrected chi connectivity index (χ3v) is 4.29. The van der Waals surface area contributed by atoms with E-state index in [0.29, 0.717) is 28.3 Å². The van der Waals surface area contributed by atoms with Crippen LogP contribution in [0.3, 0.4) is 0 Å². The van der Waals surface area contributed by atoms with Gasteiger partial charge in [-0.3, -0.25) is 4.79 Å². The lowest BCUT2D eigenvalue weighted by atomic mass is 10.0. The van der Waals surface area contributed by atoms with Gasteiger partial charge in [0.2, 0.25) is 0 Å². The summed E-state index contributed by atoms with van der Waals surface area (Å²) in [7, 11) is 0. The molecule has 1 aliphatic carbocycles. The summed E-state index contributed by atoms with van der Waals surface area (Å²) in [6.45, 7) is 7.44. The maximum absolute atomic E-state index is 12.8. The van der Waals surface area contributed by atoms with Crippen molar-refractivity contribution in [3.63, 3.8) is 0 Å². The number of nitrogens with zero attached hydrogens (tertiary/aromatic N) is 2. The molecule has 0 aromatic carbocycles. The molecule has 132 valence electrons. The SMILES string of the molecule is C=CC[C@@H](NC(=O)c1cc(C2CC2)nc2onc(C(C)C)c12)C(=O)O. The van der Waals surface area contributed by atoms with Gasteiger partial charge in [-0.2, -0.15) is 0 Å². The molecule has 0 radical (unpaired) electrons. The zero-order valence-electron chi connectivity index (χ0n) is 14.3. The van der Waals surface area contributed by atoms with Crippen molar-refractivity contribution < 1.29 is 19.2 Å². The van der Waals surface area contributed by atoms with Crippen LogP contribution in [0.1, 0.15) is 66.7 Å². The van der Waals surface area contributed by atoms with E-state index in [2.05, 4.69) is 22.0 Å². The number of carboxylic acid groups (broad SMARTS) is 1. The van der Waals surface area contributed by atoms with E-state index >= 15 is 0 Å². The Bertz CT molecular complexity index is 836. The van der Waals surface area contributed by atoms with Gasteiger partial charge in [-0.05, 0) is 31.2 Å². The Morgan fingerprint density at radius 3 is 2.76 bits per heavy atom. The number of nitrogens with one attached hydrogen (secondary N) is 1. The average molecular weight is 343 g/mol. The Labute approximate surface area is 145 Å². The minimum Gasteiger partial charge on any atom is -0.480 e. The molecule has 3 rings (SSSR count). The second-order valence-corrected chi connectivity index (χ2v) is 6.66. The van der Waals surface area contributed by atoms with Crippen molar-refractivity contribution in [2.45, 2.75) is 51.0 Å². The van der Waals surface area contributed by atoms with Crippen LogP contribution < -0.4 is 5.32 Å². The van der Waals surface area contributed by atoms with Crippen LogP contribution in [0.4, 0.5) is 0 Å². The molecule has 2 N–H and O–H groups in total. The van der Waals surface area contributed by atoms with Gasteiger partial charge in [-0.15, -0.1) is 6.58 Å². The number of hydrogen-bond donors (Lipinski definition) is 2. The molecule has 7 nitrogen and oxygen atoms in total. The first-order chi connectivity index (χ1) is 11.9. The van der Waals surface area contributed by atoms with Gasteiger partial charge in [0.25, 0.3) is 11.6 Å². The molecule has 0 spiro atoms. The monoisotopic (exact) mass is 343 g/mol. The fourth-order valence-corrected chi connectivity index (χ4v) is 2.78. The van der Waals surface area contributed by atoms with Crippen molar-refractivity contribution in [3.05, 3.63) is 35.7 Å². The van der Waals surface area contributed by atoms with E-state index < -0.39 is 17.9 Å². The van der Waals surface area contributed by atoms with E-state index in [1.807, 2.05) is 13.8 Å². The molecule has 0 aliphatic heterocycles. The number of carboxylic acids is 1. The van der Waals surface area contributed by atoms with Crippen molar-refractivity contribution in [1.82, 2.24) is 15.5 Å². The molecular weight excluding hydrogens is 322 g/mol. The van der Waals surface area contributed by atoms with Crippen LogP contribution in [0.15, 0.2) is 23.2 Å². The number of aliphatic carboxylic acids is 1. The van der Waals surface area contributed by atoms with Gasteiger partial charge in [-0.25, -0.2) is 9.78 Å². The van der Waals surface area contributed by atoms with Crippen LogP contribution in [-0.4, -0.2) is 33.2 Å². The van der Waals surface area contributed by atoms with Crippen molar-refractivity contribution in [3.8, 4) is 0 Å². The van der Waals surface area contributed by atoms with Gasteiger partial charge in [0.1, 0.15) is 6.04 Å². The number of rotatable bonds is 7. The molecule has 1 saturated carbocycles. The Kier molecular flexibility index (Phi) is 4.57. The van der Waals surface area contributed by atoms with E-state index in [-0.39, 0.29) is 12.3 Å². The van der Waals surface area contributed by atoms with Gasteiger partial charge in [0.05, 0.1) is 16.6 Å². The van der Waals surface area contributed by atoms with Crippen molar-refractivity contribution in [2.24, 2.45) is 0 Å². The molecule has 0 bridgehead atoms. The van der Waals surface area contributed by atoms with Crippen LogP contribution in [0, 0.1) is 0 Å². The third kappa shape index (κ3) is 3.40. The van der Waals surface area contributed by atoms with Gasteiger partial charge in [-0.1, -0.05) is 25.1 Å². The third-order valence-electron chi connectivity index (χ3n) is 4.29. The highest BCUT2D eigenvalue weighted by atomic mass is 16.5. The lowest BCUT2D eigenvalue weighted by Gasteiger charge is -2.14. The molecule has 2 heterocycles. The summed E-state index contributed by atoms with van der Waals surface area (Å²) < 4.78 is 5.35. The van der Waals surface area contributed by atoms with E-state index in [9.17, 15) is 14.7 Å². The van der Waals surface area contributed by atoms with E-state index in [1.165, 1.54) is 6.08 Å². The molecule has 25 heavy (non-hydrogen) atoms. The second-order valence-electron chi connectivity index (χ2n) is 6.66. The fourth-order valence-electron chi connectivity index (χ4n) is 2.78. The summed E-state index contributed by atoms with van der Waals surface area (Å²) in [6, 6.07) is 0.713. The number of carbonyl (C=O) groups excluding carboxylic acids is 1. The first kappa shape index (κ1) is 17.1. The highest BCUT2D eigenvalue weighted by Crippen LogP contribution is 2.41. The van der Waals surface area contributed by atoms with Crippen LogP contribution in [0.5, 0.6) is 0 Å². The minimum atomic E-state index is -1.10. The van der Waals surface area contributed by atoms with E-state index in [0.717, 1.165) is 18.5 Å². The lowest BCUT2D eigenvalue weighted by molar-refractivity contribution is -0.139. The molecule has 2 aromatic rings. The number of carbonyl (C=O) groups is 2. The summed E-state index contributed by atoms with van der Waals surface area (Å²) in [6.07, 6.45) is 3.67. The Balaban J connectivity index is 2.05. The molecule has 1 fully saturated rings. The van der Waals surface area contributed by atoms with Gasteiger partial charge in [0.15, 0.2) is 0 Å². The fraction of sp³-hybridized carbons (Fsp3) is 0.444. The Hall–Kier alpha value is -2.70. The Morgan fingerprint density at radius 2 is 2.20 bits per heavy atom. The topological polar surface area (TPSA) is 105 Å². The van der Waals surface area contributed by atoms with Crippen molar-refractivity contribution >= 4 is 23.0 Å². The molecule has 1 aliphatic rings. The maximum Gasteiger partial charge on any atom is 0.326 e. The molecule has 0 unspecified atom stereocenters. The summed E-state index contributed by atoms with van der Waals surface area (Å²) in [5, 5.41) is 16.4. The first-order valence-corrected chi connectivity index (χ1v) is 8.37. The van der Waals surface area contributed by atoms with Crippen LogP contribution in [0.25, 0.3) is 11.1 Å². The molecule has 1 amide bonds. The summed E-state index contributed by atoms with van der Waals surface area (Å²) in [5.41, 5.74) is 2.13. The van der Waals surface area contributed by atoms with Gasteiger partial charge in [0, 0.05) is 11.6 Å². The predicted molar refractivity (Wildman–Crippen MR) is 91.6 cm³/mol. The maximum atomic E-state index is 12.8. The number of amides is 1. The zero-order valence-corrected chi connectivity index (χ0v) is 14.3. The van der Waals surface area contributed by atoms with Gasteiger partial charge < -0.3 is 14.9 Å². The highest BCUT2D eigenvalue weighted by molar-refractivity contribution is 6.07. The van der Waals surface area contributed by atoms with Crippen molar-refractivity contribution in [2.75, 3.05) is 0 Å². The molecule has 1 atom stereocenters. The lowest BCUT2D eigenvalue weighted by Crippen LogP contribution is -2.40. The normalized spacial score (nSPS) is 15.3. The molecule has 7 heteroatoms. The van der Waals surface area contributed by atoms with Gasteiger partial charge >= 0.3 is 5.97 Å².